The van der Waals surface area contributed by atoms with E-state index in [0.29, 0.717) is 6.20 Å². The number of hydrogen-bond acceptors (Lipinski definition) is 5. The number of carbonyl (C=O) groups is 1. The number of alkyl halides is 2. The third-order valence-corrected chi connectivity index (χ3v) is 1.83. The number of methoxy groups -OCH3 is 1. The van der Waals surface area contributed by atoms with Crippen LogP contribution in [0.1, 0.15) is 22.5 Å². The van der Waals surface area contributed by atoms with Crippen molar-refractivity contribution in [2.24, 2.45) is 0 Å². The second kappa shape index (κ2) is 4.76. The summed E-state index contributed by atoms with van der Waals surface area (Å²) in [4.78, 5) is 23.2. The number of nitro groups is 1. The molecular formula is C8H5F3N2O4. The zero-order valence-corrected chi connectivity index (χ0v) is 8.32. The van der Waals surface area contributed by atoms with Gasteiger partial charge in [-0.05, 0) is 0 Å². The fraction of sp³-hybridized carbons (Fsp3) is 0.250. The molecule has 0 atom stereocenters. The number of rotatable bonds is 3. The van der Waals surface area contributed by atoms with Crippen LogP contribution < -0.4 is 0 Å². The molecule has 0 N–H and O–H groups in total. The van der Waals surface area contributed by atoms with Gasteiger partial charge in [0, 0.05) is 0 Å². The maximum absolute atomic E-state index is 13.4. The lowest BCUT2D eigenvalue weighted by Crippen LogP contribution is -2.12. The van der Waals surface area contributed by atoms with Gasteiger partial charge in [-0.1, -0.05) is 0 Å². The van der Waals surface area contributed by atoms with Gasteiger partial charge in [-0.3, -0.25) is 10.1 Å². The average molecular weight is 250 g/mol. The maximum atomic E-state index is 13.4. The van der Waals surface area contributed by atoms with Gasteiger partial charge in [-0.2, -0.15) is 0 Å². The van der Waals surface area contributed by atoms with Crippen LogP contribution in [0.15, 0.2) is 6.20 Å². The normalized spacial score (nSPS) is 10.4. The SMILES string of the molecule is COC(=O)c1ncc([N+](=O)[O-])c(C(F)F)c1F. The number of hydrogen-bond donors (Lipinski definition) is 0. The van der Waals surface area contributed by atoms with Crippen molar-refractivity contribution in [3.05, 3.63) is 33.4 Å². The zero-order chi connectivity index (χ0) is 13.2. The Bertz CT molecular complexity index is 478. The van der Waals surface area contributed by atoms with E-state index in [2.05, 4.69) is 9.72 Å². The summed E-state index contributed by atoms with van der Waals surface area (Å²) >= 11 is 0. The van der Waals surface area contributed by atoms with Crippen molar-refractivity contribution in [2.45, 2.75) is 6.43 Å². The van der Waals surface area contributed by atoms with E-state index in [4.69, 9.17) is 0 Å². The Balaban J connectivity index is 3.49. The van der Waals surface area contributed by atoms with Crippen molar-refractivity contribution in [3.8, 4) is 0 Å². The number of aromatic nitrogens is 1. The van der Waals surface area contributed by atoms with Crippen molar-refractivity contribution in [2.75, 3.05) is 7.11 Å². The number of halogens is 3. The van der Waals surface area contributed by atoms with Crippen molar-refractivity contribution in [1.29, 1.82) is 0 Å². The van der Waals surface area contributed by atoms with Crippen LogP contribution in [0.2, 0.25) is 0 Å². The van der Waals surface area contributed by atoms with Gasteiger partial charge >= 0.3 is 5.97 Å². The molecule has 0 unspecified atom stereocenters. The molecule has 0 aliphatic rings. The Morgan fingerprint density at radius 3 is 2.59 bits per heavy atom. The van der Waals surface area contributed by atoms with E-state index in [1.165, 1.54) is 0 Å². The molecule has 1 aromatic rings. The van der Waals surface area contributed by atoms with Crippen molar-refractivity contribution in [1.82, 2.24) is 4.98 Å². The van der Waals surface area contributed by atoms with Crippen LogP contribution in [-0.4, -0.2) is 23.0 Å². The average Bonchev–Trinajstić information content (AvgIpc) is 2.26. The molecule has 0 radical (unpaired) electrons. The summed E-state index contributed by atoms with van der Waals surface area (Å²) in [5.41, 5.74) is -3.69. The minimum atomic E-state index is -3.44. The van der Waals surface area contributed by atoms with E-state index in [1.807, 2.05) is 0 Å². The highest BCUT2D eigenvalue weighted by molar-refractivity contribution is 5.88. The summed E-state index contributed by atoms with van der Waals surface area (Å²) in [7, 11) is 0.896. The predicted octanol–water partition coefficient (Wildman–Crippen LogP) is 1.85. The molecule has 0 saturated carbocycles. The first-order chi connectivity index (χ1) is 7.90. The lowest BCUT2D eigenvalue weighted by molar-refractivity contribution is -0.386. The van der Waals surface area contributed by atoms with Crippen LogP contribution in [0, 0.1) is 15.9 Å². The summed E-state index contributed by atoms with van der Waals surface area (Å²) in [5, 5.41) is 10.4. The summed E-state index contributed by atoms with van der Waals surface area (Å²) < 4.78 is 42.5. The summed E-state index contributed by atoms with van der Waals surface area (Å²) in [6.07, 6.45) is -3.06. The first-order valence-electron chi connectivity index (χ1n) is 4.09. The number of carbonyl (C=O) groups excluding carboxylic acids is 1. The standard InChI is InChI=1S/C8H5F3N2O4/c1-17-8(14)6-5(9)4(7(10)11)3(2-12-6)13(15)16/h2,7H,1H3. The van der Waals surface area contributed by atoms with Crippen LogP contribution in [0.5, 0.6) is 0 Å². The number of esters is 1. The molecule has 0 aromatic carbocycles. The van der Waals surface area contributed by atoms with Crippen molar-refractivity contribution in [3.63, 3.8) is 0 Å². The smallest absolute Gasteiger partial charge is 0.359 e. The Morgan fingerprint density at radius 2 is 2.18 bits per heavy atom. The fourth-order valence-corrected chi connectivity index (χ4v) is 1.08. The van der Waals surface area contributed by atoms with Gasteiger partial charge in [-0.15, -0.1) is 0 Å². The molecule has 0 saturated heterocycles. The highest BCUT2D eigenvalue weighted by Gasteiger charge is 2.31. The number of nitrogens with zero attached hydrogens (tertiary/aromatic N) is 2. The van der Waals surface area contributed by atoms with Gasteiger partial charge in [0.05, 0.1) is 12.0 Å². The molecule has 6 nitrogen and oxygen atoms in total. The minimum Gasteiger partial charge on any atom is -0.464 e. The molecule has 1 rings (SSSR count). The molecule has 1 aromatic heterocycles. The molecule has 0 aliphatic carbocycles. The molecular weight excluding hydrogens is 245 g/mol. The molecule has 0 fully saturated rings. The van der Waals surface area contributed by atoms with E-state index in [-0.39, 0.29) is 0 Å². The highest BCUT2D eigenvalue weighted by Crippen LogP contribution is 2.31. The second-order valence-electron chi connectivity index (χ2n) is 2.77. The molecule has 17 heavy (non-hydrogen) atoms. The van der Waals surface area contributed by atoms with Gasteiger partial charge in [0.25, 0.3) is 12.1 Å². The Labute approximate surface area is 92.2 Å². The number of pyridine rings is 1. The Hall–Kier alpha value is -2.19. The molecule has 0 amide bonds. The molecule has 1 heterocycles. The van der Waals surface area contributed by atoms with Crippen molar-refractivity contribution >= 4 is 11.7 Å². The van der Waals surface area contributed by atoms with Crippen LogP contribution in [0.4, 0.5) is 18.9 Å². The van der Waals surface area contributed by atoms with Gasteiger partial charge in [0.15, 0.2) is 11.5 Å². The first-order valence-corrected chi connectivity index (χ1v) is 4.09. The molecule has 0 spiro atoms. The Kier molecular flexibility index (Phi) is 3.61. The van der Waals surface area contributed by atoms with E-state index in [9.17, 15) is 28.1 Å². The summed E-state index contributed by atoms with van der Waals surface area (Å²) in [5.74, 6) is -3.04. The van der Waals surface area contributed by atoms with Crippen LogP contribution in [0.3, 0.4) is 0 Å². The van der Waals surface area contributed by atoms with E-state index in [1.54, 1.807) is 0 Å². The first kappa shape index (κ1) is 12.9. The van der Waals surface area contributed by atoms with Crippen LogP contribution in [-0.2, 0) is 4.74 Å². The van der Waals surface area contributed by atoms with E-state index >= 15 is 0 Å². The molecule has 0 aliphatic heterocycles. The quantitative estimate of drug-likeness (QED) is 0.464. The Morgan fingerprint density at radius 1 is 1.59 bits per heavy atom. The lowest BCUT2D eigenvalue weighted by Gasteiger charge is -2.05. The highest BCUT2D eigenvalue weighted by atomic mass is 19.3. The fourth-order valence-electron chi connectivity index (χ4n) is 1.08. The van der Waals surface area contributed by atoms with Crippen LogP contribution >= 0.6 is 0 Å². The summed E-state index contributed by atoms with van der Waals surface area (Å²) in [6, 6.07) is 0. The summed E-state index contributed by atoms with van der Waals surface area (Å²) in [6.45, 7) is 0. The minimum absolute atomic E-state index is 0.386. The van der Waals surface area contributed by atoms with Gasteiger partial charge in [0.1, 0.15) is 11.8 Å². The van der Waals surface area contributed by atoms with Gasteiger partial charge < -0.3 is 4.74 Å². The topological polar surface area (TPSA) is 82.3 Å². The van der Waals surface area contributed by atoms with Crippen molar-refractivity contribution < 1.29 is 27.6 Å². The third kappa shape index (κ3) is 2.32. The molecule has 9 heteroatoms. The molecule has 92 valence electrons. The zero-order valence-electron chi connectivity index (χ0n) is 8.32. The third-order valence-electron chi connectivity index (χ3n) is 1.83. The largest absolute Gasteiger partial charge is 0.464 e. The molecule has 0 bridgehead atoms. The maximum Gasteiger partial charge on any atom is 0.359 e. The van der Waals surface area contributed by atoms with E-state index in [0.717, 1.165) is 7.11 Å². The van der Waals surface area contributed by atoms with Gasteiger partial charge in [0.2, 0.25) is 0 Å². The number of ether oxygens (including phenoxy) is 1. The predicted molar refractivity (Wildman–Crippen MR) is 47.1 cm³/mol. The lowest BCUT2D eigenvalue weighted by atomic mass is 10.2. The monoisotopic (exact) mass is 250 g/mol. The second-order valence-corrected chi connectivity index (χ2v) is 2.77. The van der Waals surface area contributed by atoms with E-state index < -0.39 is 40.1 Å². The van der Waals surface area contributed by atoms with Gasteiger partial charge in [-0.25, -0.2) is 22.9 Å². The van der Waals surface area contributed by atoms with Crippen LogP contribution in [0.25, 0.3) is 0 Å².